The smallest absolute Gasteiger partial charge is 0.174 e. The summed E-state index contributed by atoms with van der Waals surface area (Å²) in [4.78, 5) is 4.92. The molecule has 4 aromatic rings. The number of aromatic nitrogens is 2. The van der Waals surface area contributed by atoms with Crippen molar-refractivity contribution in [2.75, 3.05) is 0 Å². The van der Waals surface area contributed by atoms with E-state index in [2.05, 4.69) is 105 Å². The average molecular weight is 387 g/mol. The fraction of sp³-hybridized carbons (Fsp3) is 0.240. The Bertz CT molecular complexity index is 1100. The molecule has 0 aliphatic carbocycles. The van der Waals surface area contributed by atoms with E-state index < -0.39 is 0 Å². The lowest BCUT2D eigenvalue weighted by molar-refractivity contribution is 0.590. The first-order chi connectivity index (χ1) is 13.4. The summed E-state index contributed by atoms with van der Waals surface area (Å²) < 4.78 is 2.27. The molecule has 0 aliphatic rings. The third-order valence-corrected chi connectivity index (χ3v) is 5.99. The van der Waals surface area contributed by atoms with Crippen molar-refractivity contribution in [3.8, 4) is 5.69 Å². The van der Waals surface area contributed by atoms with Gasteiger partial charge in [0.05, 0.1) is 11.0 Å². The lowest BCUT2D eigenvalue weighted by Crippen LogP contribution is -2.10. The highest BCUT2D eigenvalue weighted by Gasteiger charge is 2.15. The second-order valence-corrected chi connectivity index (χ2v) is 9.24. The van der Waals surface area contributed by atoms with Gasteiger partial charge in [-0.1, -0.05) is 81.1 Å². The molecule has 0 bridgehead atoms. The van der Waals surface area contributed by atoms with Crippen LogP contribution >= 0.6 is 11.8 Å². The molecule has 1 heterocycles. The Hall–Kier alpha value is -2.52. The normalized spacial score (nSPS) is 11.9. The van der Waals surface area contributed by atoms with Gasteiger partial charge in [0.2, 0.25) is 0 Å². The summed E-state index contributed by atoms with van der Waals surface area (Å²) >= 11 is 1.79. The topological polar surface area (TPSA) is 17.8 Å². The van der Waals surface area contributed by atoms with E-state index in [1.165, 1.54) is 22.4 Å². The molecule has 28 heavy (non-hydrogen) atoms. The van der Waals surface area contributed by atoms with Gasteiger partial charge in [0.1, 0.15) is 0 Å². The first-order valence-electron chi connectivity index (χ1n) is 9.68. The summed E-state index contributed by atoms with van der Waals surface area (Å²) in [5.74, 6) is 0.902. The summed E-state index contributed by atoms with van der Waals surface area (Å²) in [5.41, 5.74) is 7.48. The Morgan fingerprint density at radius 2 is 1.64 bits per heavy atom. The van der Waals surface area contributed by atoms with Crippen molar-refractivity contribution < 1.29 is 0 Å². The van der Waals surface area contributed by atoms with E-state index in [1.807, 2.05) is 0 Å². The SMILES string of the molecule is Cc1cccc(-n2c(SCc3ccc(C(C)(C)C)cc3)nc3ccccc32)c1. The van der Waals surface area contributed by atoms with Crippen molar-refractivity contribution in [3.05, 3.63) is 89.5 Å². The van der Waals surface area contributed by atoms with Crippen LogP contribution in [0.4, 0.5) is 0 Å². The number of para-hydroxylation sites is 2. The average Bonchev–Trinajstić information content (AvgIpc) is 3.04. The Morgan fingerprint density at radius 1 is 0.893 bits per heavy atom. The zero-order valence-electron chi connectivity index (χ0n) is 16.9. The van der Waals surface area contributed by atoms with Gasteiger partial charge in [0.25, 0.3) is 0 Å². The van der Waals surface area contributed by atoms with Crippen LogP contribution in [0.1, 0.15) is 37.5 Å². The Balaban J connectivity index is 1.66. The zero-order chi connectivity index (χ0) is 19.7. The van der Waals surface area contributed by atoms with Crippen molar-refractivity contribution >= 4 is 22.8 Å². The number of hydrogen-bond acceptors (Lipinski definition) is 2. The number of imidazole rings is 1. The Morgan fingerprint density at radius 3 is 2.36 bits per heavy atom. The Labute approximate surface area is 171 Å². The van der Waals surface area contributed by atoms with E-state index in [0.717, 1.165) is 21.9 Å². The van der Waals surface area contributed by atoms with E-state index in [4.69, 9.17) is 4.98 Å². The molecule has 2 nitrogen and oxygen atoms in total. The molecular formula is C25H26N2S. The monoisotopic (exact) mass is 386 g/mol. The predicted molar refractivity (Wildman–Crippen MR) is 121 cm³/mol. The maximum absolute atomic E-state index is 4.92. The number of fused-ring (bicyclic) bond motifs is 1. The quantitative estimate of drug-likeness (QED) is 0.354. The van der Waals surface area contributed by atoms with Crippen LogP contribution in [0, 0.1) is 6.92 Å². The highest BCUT2D eigenvalue weighted by atomic mass is 32.2. The number of aryl methyl sites for hydroxylation is 1. The fourth-order valence-corrected chi connectivity index (χ4v) is 4.35. The molecule has 0 fully saturated rings. The van der Waals surface area contributed by atoms with Crippen molar-refractivity contribution in [1.82, 2.24) is 9.55 Å². The first-order valence-corrected chi connectivity index (χ1v) is 10.7. The summed E-state index contributed by atoms with van der Waals surface area (Å²) in [5, 5.41) is 1.03. The third kappa shape index (κ3) is 3.85. The van der Waals surface area contributed by atoms with E-state index in [9.17, 15) is 0 Å². The lowest BCUT2D eigenvalue weighted by Gasteiger charge is -2.19. The van der Waals surface area contributed by atoms with Gasteiger partial charge in [0, 0.05) is 11.4 Å². The van der Waals surface area contributed by atoms with Crippen molar-refractivity contribution in [2.45, 2.75) is 44.0 Å². The number of thioether (sulfide) groups is 1. The number of hydrogen-bond donors (Lipinski definition) is 0. The molecule has 3 heteroatoms. The minimum absolute atomic E-state index is 0.185. The zero-order valence-corrected chi connectivity index (χ0v) is 17.8. The number of benzene rings is 3. The second-order valence-electron chi connectivity index (χ2n) is 8.29. The minimum atomic E-state index is 0.185. The molecule has 0 unspecified atom stereocenters. The molecule has 0 saturated heterocycles. The molecule has 0 radical (unpaired) electrons. The maximum atomic E-state index is 4.92. The lowest BCUT2D eigenvalue weighted by atomic mass is 9.87. The summed E-state index contributed by atoms with van der Waals surface area (Å²) in [6.45, 7) is 8.88. The molecule has 0 spiro atoms. The van der Waals surface area contributed by atoms with Crippen LogP contribution in [0.5, 0.6) is 0 Å². The molecule has 0 saturated carbocycles. The second kappa shape index (κ2) is 7.48. The van der Waals surface area contributed by atoms with Crippen LogP contribution in [-0.4, -0.2) is 9.55 Å². The fourth-order valence-electron chi connectivity index (χ4n) is 3.37. The largest absolute Gasteiger partial charge is 0.287 e. The van der Waals surface area contributed by atoms with Crippen LogP contribution in [0.3, 0.4) is 0 Å². The molecule has 0 N–H and O–H groups in total. The van der Waals surface area contributed by atoms with Gasteiger partial charge in [-0.15, -0.1) is 0 Å². The molecule has 0 amide bonds. The molecular weight excluding hydrogens is 360 g/mol. The molecule has 3 aromatic carbocycles. The van der Waals surface area contributed by atoms with E-state index >= 15 is 0 Å². The maximum Gasteiger partial charge on any atom is 0.174 e. The van der Waals surface area contributed by atoms with Crippen molar-refractivity contribution in [1.29, 1.82) is 0 Å². The molecule has 4 rings (SSSR count). The molecule has 1 aromatic heterocycles. The van der Waals surface area contributed by atoms with Crippen LogP contribution in [0.25, 0.3) is 16.7 Å². The highest BCUT2D eigenvalue weighted by molar-refractivity contribution is 7.98. The van der Waals surface area contributed by atoms with Gasteiger partial charge in [-0.05, 0) is 53.3 Å². The van der Waals surface area contributed by atoms with Gasteiger partial charge < -0.3 is 0 Å². The molecule has 0 aliphatic heterocycles. The van der Waals surface area contributed by atoms with E-state index in [0.29, 0.717) is 0 Å². The summed E-state index contributed by atoms with van der Waals surface area (Å²) in [6.07, 6.45) is 0. The first kappa shape index (κ1) is 18.8. The van der Waals surface area contributed by atoms with Crippen LogP contribution in [0.2, 0.25) is 0 Å². The van der Waals surface area contributed by atoms with Crippen LogP contribution in [0.15, 0.2) is 78.0 Å². The highest BCUT2D eigenvalue weighted by Crippen LogP contribution is 2.31. The van der Waals surface area contributed by atoms with Crippen molar-refractivity contribution in [2.24, 2.45) is 0 Å². The molecule has 0 atom stereocenters. The van der Waals surface area contributed by atoms with Crippen molar-refractivity contribution in [3.63, 3.8) is 0 Å². The Kier molecular flexibility index (Phi) is 5.03. The third-order valence-electron chi connectivity index (χ3n) is 4.98. The van der Waals surface area contributed by atoms with Gasteiger partial charge in [-0.25, -0.2) is 4.98 Å². The number of nitrogens with zero attached hydrogens (tertiary/aromatic N) is 2. The van der Waals surface area contributed by atoms with Crippen LogP contribution in [-0.2, 0) is 11.2 Å². The summed E-state index contributed by atoms with van der Waals surface area (Å²) in [6, 6.07) is 26.0. The van der Waals surface area contributed by atoms with Crippen LogP contribution < -0.4 is 0 Å². The van der Waals surface area contributed by atoms with E-state index in [1.54, 1.807) is 11.8 Å². The molecule has 142 valence electrons. The standard InChI is InChI=1S/C25H26N2S/c1-18-8-7-9-21(16-18)27-23-11-6-5-10-22(23)26-24(27)28-17-19-12-14-20(15-13-19)25(2,3)4/h5-16H,17H2,1-4H3. The van der Waals surface area contributed by atoms with Gasteiger partial charge in [0.15, 0.2) is 5.16 Å². The van der Waals surface area contributed by atoms with E-state index in [-0.39, 0.29) is 5.41 Å². The van der Waals surface area contributed by atoms with Gasteiger partial charge >= 0.3 is 0 Å². The minimum Gasteiger partial charge on any atom is -0.287 e. The van der Waals surface area contributed by atoms with Gasteiger partial charge in [-0.2, -0.15) is 0 Å². The van der Waals surface area contributed by atoms with Gasteiger partial charge in [-0.3, -0.25) is 4.57 Å². The number of rotatable bonds is 4. The predicted octanol–water partition coefficient (Wildman–Crippen LogP) is 6.92. The summed E-state index contributed by atoms with van der Waals surface area (Å²) in [7, 11) is 0.